The van der Waals surface area contributed by atoms with Crippen molar-refractivity contribution in [3.05, 3.63) is 90.3 Å². The summed E-state index contributed by atoms with van der Waals surface area (Å²) in [7, 11) is 3.63. The summed E-state index contributed by atoms with van der Waals surface area (Å²) in [6, 6.07) is 22.3. The first-order valence-electron chi connectivity index (χ1n) is 11.0. The van der Waals surface area contributed by atoms with Crippen molar-refractivity contribution in [3.8, 4) is 11.1 Å². The van der Waals surface area contributed by atoms with Gasteiger partial charge in [0.25, 0.3) is 5.91 Å². The molecule has 5 heteroatoms. The summed E-state index contributed by atoms with van der Waals surface area (Å²) in [4.78, 5) is 33.8. The molecule has 0 atom stereocenters. The van der Waals surface area contributed by atoms with Crippen LogP contribution in [0.15, 0.2) is 79.1 Å². The highest BCUT2D eigenvalue weighted by Gasteiger charge is 2.43. The fourth-order valence-corrected chi connectivity index (χ4v) is 4.63. The van der Waals surface area contributed by atoms with Crippen LogP contribution in [0, 0.1) is 5.41 Å². The van der Waals surface area contributed by atoms with Gasteiger partial charge in [-0.05, 0) is 48.1 Å². The average Bonchev–Trinajstić information content (AvgIpc) is 2.85. The largest absolute Gasteiger partial charge is 0.348 e. The van der Waals surface area contributed by atoms with E-state index in [-0.39, 0.29) is 11.8 Å². The van der Waals surface area contributed by atoms with Gasteiger partial charge in [-0.25, -0.2) is 0 Å². The van der Waals surface area contributed by atoms with E-state index in [1.807, 2.05) is 37.2 Å². The number of nitrogens with zero attached hydrogens (tertiary/aromatic N) is 3. The van der Waals surface area contributed by atoms with E-state index in [9.17, 15) is 9.59 Å². The first kappa shape index (κ1) is 21.8. The molecule has 0 bridgehead atoms. The molecule has 0 saturated carbocycles. The molecule has 0 radical (unpaired) electrons. The molecule has 32 heavy (non-hydrogen) atoms. The summed E-state index contributed by atoms with van der Waals surface area (Å²) in [5.41, 5.74) is 3.55. The Kier molecular flexibility index (Phi) is 6.35. The van der Waals surface area contributed by atoms with E-state index in [4.69, 9.17) is 0 Å². The lowest BCUT2D eigenvalue weighted by Gasteiger charge is -2.42. The zero-order chi connectivity index (χ0) is 22.6. The van der Waals surface area contributed by atoms with Gasteiger partial charge in [0.1, 0.15) is 0 Å². The molecule has 2 heterocycles. The number of rotatable bonds is 5. The lowest BCUT2D eigenvalue weighted by molar-refractivity contribution is -0.142. The van der Waals surface area contributed by atoms with E-state index in [0.29, 0.717) is 37.9 Å². The van der Waals surface area contributed by atoms with Crippen LogP contribution in [0.5, 0.6) is 0 Å². The monoisotopic (exact) mass is 427 g/mol. The zero-order valence-corrected chi connectivity index (χ0v) is 18.7. The number of amides is 2. The Balaban J connectivity index is 1.55. The summed E-state index contributed by atoms with van der Waals surface area (Å²) in [6.45, 7) is 1.12. The van der Waals surface area contributed by atoms with Crippen LogP contribution in [0.25, 0.3) is 11.1 Å². The predicted molar refractivity (Wildman–Crippen MR) is 126 cm³/mol. The predicted octanol–water partition coefficient (Wildman–Crippen LogP) is 4.30. The maximum atomic E-state index is 13.3. The lowest BCUT2D eigenvalue weighted by Crippen LogP contribution is -2.51. The van der Waals surface area contributed by atoms with Crippen molar-refractivity contribution in [1.29, 1.82) is 0 Å². The fourth-order valence-electron chi connectivity index (χ4n) is 4.63. The normalized spacial score (nSPS) is 15.2. The number of hydrogen-bond donors (Lipinski definition) is 0. The molecule has 0 N–H and O–H groups in total. The Morgan fingerprint density at radius 2 is 1.66 bits per heavy atom. The molecule has 4 rings (SSSR count). The highest BCUT2D eigenvalue weighted by Crippen LogP contribution is 2.38. The van der Waals surface area contributed by atoms with Gasteiger partial charge in [-0.15, -0.1) is 0 Å². The number of carbonyl (C=O) groups is 2. The topological polar surface area (TPSA) is 53.5 Å². The van der Waals surface area contributed by atoms with Crippen LogP contribution in [-0.4, -0.2) is 53.8 Å². The summed E-state index contributed by atoms with van der Waals surface area (Å²) in [6.07, 6.45) is 5.22. The second-order valence-electron chi connectivity index (χ2n) is 8.76. The Morgan fingerprint density at radius 3 is 2.31 bits per heavy atom. The summed E-state index contributed by atoms with van der Waals surface area (Å²) in [5, 5.41) is 0. The van der Waals surface area contributed by atoms with Crippen molar-refractivity contribution in [2.75, 3.05) is 27.2 Å². The van der Waals surface area contributed by atoms with Crippen molar-refractivity contribution < 1.29 is 9.59 Å². The minimum Gasteiger partial charge on any atom is -0.348 e. The first-order valence-corrected chi connectivity index (χ1v) is 11.0. The van der Waals surface area contributed by atoms with Crippen LogP contribution in [0.1, 0.15) is 28.8 Å². The smallest absolute Gasteiger partial charge is 0.255 e. The van der Waals surface area contributed by atoms with Gasteiger partial charge >= 0.3 is 0 Å². The lowest BCUT2D eigenvalue weighted by atomic mass is 9.72. The van der Waals surface area contributed by atoms with Gasteiger partial charge in [0.05, 0.1) is 11.0 Å². The standard InChI is InChI=1S/C27H29N3O2/c1-29(2)26(32)27(13-16-30(17-14-27)25(31)24-12-7-15-28-20-24)19-21-8-6-11-23(18-21)22-9-4-3-5-10-22/h3-12,15,18,20H,13-14,16-17,19H2,1-2H3. The number of piperidine rings is 1. The molecule has 3 aromatic rings. The average molecular weight is 428 g/mol. The number of carbonyl (C=O) groups excluding carboxylic acids is 2. The minimum absolute atomic E-state index is 0.0184. The summed E-state index contributed by atoms with van der Waals surface area (Å²) in [5.74, 6) is 0.117. The summed E-state index contributed by atoms with van der Waals surface area (Å²) >= 11 is 0. The van der Waals surface area contributed by atoms with Crippen molar-refractivity contribution in [2.45, 2.75) is 19.3 Å². The van der Waals surface area contributed by atoms with E-state index < -0.39 is 5.41 Å². The first-order chi connectivity index (χ1) is 15.5. The van der Waals surface area contributed by atoms with Crippen molar-refractivity contribution in [3.63, 3.8) is 0 Å². The molecular weight excluding hydrogens is 398 g/mol. The van der Waals surface area contributed by atoms with Gasteiger partial charge in [-0.3, -0.25) is 14.6 Å². The van der Waals surface area contributed by atoms with Crippen LogP contribution < -0.4 is 0 Å². The Hall–Kier alpha value is -3.47. The summed E-state index contributed by atoms with van der Waals surface area (Å²) < 4.78 is 0. The molecule has 1 aliphatic heterocycles. The molecule has 0 spiro atoms. The van der Waals surface area contributed by atoms with E-state index in [2.05, 4.69) is 41.4 Å². The van der Waals surface area contributed by atoms with Gasteiger partial charge in [-0.1, -0.05) is 54.6 Å². The van der Waals surface area contributed by atoms with Crippen LogP contribution in [0.3, 0.4) is 0 Å². The maximum absolute atomic E-state index is 13.3. The molecule has 5 nitrogen and oxygen atoms in total. The Labute approximate surface area is 189 Å². The zero-order valence-electron chi connectivity index (χ0n) is 18.7. The molecule has 1 fully saturated rings. The number of pyridine rings is 1. The second-order valence-corrected chi connectivity index (χ2v) is 8.76. The number of aromatic nitrogens is 1. The maximum Gasteiger partial charge on any atom is 0.255 e. The molecule has 0 aliphatic carbocycles. The third kappa shape index (κ3) is 4.57. The quantitative estimate of drug-likeness (QED) is 0.610. The third-order valence-corrected chi connectivity index (χ3v) is 6.35. The number of likely N-dealkylation sites (tertiary alicyclic amines) is 1. The van der Waals surface area contributed by atoms with E-state index in [0.717, 1.165) is 11.1 Å². The van der Waals surface area contributed by atoms with E-state index >= 15 is 0 Å². The molecule has 164 valence electrons. The van der Waals surface area contributed by atoms with Crippen LogP contribution in [-0.2, 0) is 11.2 Å². The van der Waals surface area contributed by atoms with E-state index in [1.54, 1.807) is 29.4 Å². The van der Waals surface area contributed by atoms with Crippen molar-refractivity contribution in [2.24, 2.45) is 5.41 Å². The molecule has 2 amide bonds. The van der Waals surface area contributed by atoms with Gasteiger partial charge in [-0.2, -0.15) is 0 Å². The van der Waals surface area contributed by atoms with Crippen LogP contribution in [0.2, 0.25) is 0 Å². The molecule has 0 unspecified atom stereocenters. The molecule has 2 aromatic carbocycles. The minimum atomic E-state index is -0.509. The molecule has 1 aromatic heterocycles. The van der Waals surface area contributed by atoms with Crippen molar-refractivity contribution in [1.82, 2.24) is 14.8 Å². The van der Waals surface area contributed by atoms with E-state index in [1.165, 1.54) is 5.56 Å². The van der Waals surface area contributed by atoms with Crippen LogP contribution in [0.4, 0.5) is 0 Å². The van der Waals surface area contributed by atoms with Gasteiger partial charge < -0.3 is 9.80 Å². The highest BCUT2D eigenvalue weighted by atomic mass is 16.2. The number of benzene rings is 2. The molecular formula is C27H29N3O2. The van der Waals surface area contributed by atoms with Crippen molar-refractivity contribution >= 4 is 11.8 Å². The van der Waals surface area contributed by atoms with Gasteiger partial charge in [0.15, 0.2) is 0 Å². The second kappa shape index (κ2) is 9.35. The SMILES string of the molecule is CN(C)C(=O)C1(Cc2cccc(-c3ccccc3)c2)CCN(C(=O)c2cccnc2)CC1. The molecule has 1 aliphatic rings. The van der Waals surface area contributed by atoms with Crippen LogP contribution >= 0.6 is 0 Å². The number of hydrogen-bond acceptors (Lipinski definition) is 3. The van der Waals surface area contributed by atoms with Gasteiger partial charge in [0, 0.05) is 39.6 Å². The Bertz CT molecular complexity index is 1070. The Morgan fingerprint density at radius 1 is 0.938 bits per heavy atom. The fraction of sp³-hybridized carbons (Fsp3) is 0.296. The van der Waals surface area contributed by atoms with Gasteiger partial charge in [0.2, 0.25) is 5.91 Å². The third-order valence-electron chi connectivity index (χ3n) is 6.35. The molecule has 1 saturated heterocycles. The highest BCUT2D eigenvalue weighted by molar-refractivity contribution is 5.94.